The zero-order chi connectivity index (χ0) is 16.1. The van der Waals surface area contributed by atoms with Crippen molar-refractivity contribution in [1.29, 1.82) is 0 Å². The highest BCUT2D eigenvalue weighted by molar-refractivity contribution is 5.81. The first kappa shape index (κ1) is 16.7. The monoisotopic (exact) mass is 312 g/mol. The highest BCUT2D eigenvalue weighted by atomic mass is 19.2. The minimum atomic E-state index is -1.01. The van der Waals surface area contributed by atoms with E-state index in [1.54, 1.807) is 6.92 Å². The molecule has 1 aliphatic rings. The predicted octanol–water partition coefficient (Wildman–Crippen LogP) is 2.51. The third-order valence-corrected chi connectivity index (χ3v) is 4.04. The van der Waals surface area contributed by atoms with Gasteiger partial charge in [-0.25, -0.2) is 4.39 Å². The predicted molar refractivity (Wildman–Crippen MR) is 79.6 cm³/mol. The fourth-order valence-corrected chi connectivity index (χ4v) is 2.62. The summed E-state index contributed by atoms with van der Waals surface area (Å²) in [4.78, 5) is 12.0. The molecule has 1 amide bonds. The molecule has 0 saturated heterocycles. The van der Waals surface area contributed by atoms with Crippen LogP contribution in [0.5, 0.6) is 5.75 Å². The van der Waals surface area contributed by atoms with Gasteiger partial charge in [0.1, 0.15) is 0 Å². The molecule has 0 aliphatic heterocycles. The average molecular weight is 312 g/mol. The Balaban J connectivity index is 1.89. The molecule has 0 unspecified atom stereocenters. The molecule has 0 spiro atoms. The van der Waals surface area contributed by atoms with Crippen LogP contribution in [0.2, 0.25) is 0 Å². The van der Waals surface area contributed by atoms with Crippen LogP contribution < -0.4 is 15.4 Å². The lowest BCUT2D eigenvalue weighted by Gasteiger charge is -2.18. The summed E-state index contributed by atoms with van der Waals surface area (Å²) in [7, 11) is 1.28. The van der Waals surface area contributed by atoms with Crippen molar-refractivity contribution < 1.29 is 18.3 Å². The molecule has 2 N–H and O–H groups in total. The topological polar surface area (TPSA) is 50.4 Å². The van der Waals surface area contributed by atoms with Gasteiger partial charge in [0.15, 0.2) is 11.6 Å². The van der Waals surface area contributed by atoms with E-state index in [1.807, 2.05) is 0 Å². The fraction of sp³-hybridized carbons (Fsp3) is 0.562. The van der Waals surface area contributed by atoms with Crippen LogP contribution in [0.1, 0.15) is 38.2 Å². The second-order valence-electron chi connectivity index (χ2n) is 5.65. The molecule has 1 fully saturated rings. The molecule has 4 nitrogen and oxygen atoms in total. The third kappa shape index (κ3) is 3.94. The van der Waals surface area contributed by atoms with E-state index in [9.17, 15) is 13.6 Å². The molecule has 2 rings (SSSR count). The van der Waals surface area contributed by atoms with Crippen LogP contribution in [0.4, 0.5) is 8.78 Å². The SMILES string of the molecule is COc1ccc(CN[C@H](C)C(=O)NC2CCCC2)c(F)c1F. The Bertz CT molecular complexity index is 531. The molecule has 0 bridgehead atoms. The second kappa shape index (κ2) is 7.54. The van der Waals surface area contributed by atoms with Crippen molar-refractivity contribution in [3.8, 4) is 5.75 Å². The van der Waals surface area contributed by atoms with Crippen LogP contribution in [0, 0.1) is 11.6 Å². The molecule has 6 heteroatoms. The van der Waals surface area contributed by atoms with Crippen molar-refractivity contribution in [3.05, 3.63) is 29.3 Å². The van der Waals surface area contributed by atoms with E-state index in [2.05, 4.69) is 10.6 Å². The summed E-state index contributed by atoms with van der Waals surface area (Å²) < 4.78 is 32.2. The van der Waals surface area contributed by atoms with Gasteiger partial charge in [0.2, 0.25) is 11.7 Å². The first-order valence-electron chi connectivity index (χ1n) is 7.57. The Morgan fingerprint density at radius 1 is 1.32 bits per heavy atom. The third-order valence-electron chi connectivity index (χ3n) is 4.04. The smallest absolute Gasteiger partial charge is 0.237 e. The average Bonchev–Trinajstić information content (AvgIpc) is 3.01. The number of benzene rings is 1. The first-order chi connectivity index (χ1) is 10.5. The van der Waals surface area contributed by atoms with Crippen molar-refractivity contribution in [2.75, 3.05) is 7.11 Å². The van der Waals surface area contributed by atoms with Crippen molar-refractivity contribution in [3.63, 3.8) is 0 Å². The van der Waals surface area contributed by atoms with Gasteiger partial charge in [0.05, 0.1) is 13.2 Å². The first-order valence-corrected chi connectivity index (χ1v) is 7.57. The minimum absolute atomic E-state index is 0.0754. The Labute approximate surface area is 129 Å². The number of halogens is 2. The summed E-state index contributed by atoms with van der Waals surface area (Å²) >= 11 is 0. The van der Waals surface area contributed by atoms with Gasteiger partial charge in [-0.3, -0.25) is 4.79 Å². The largest absolute Gasteiger partial charge is 0.494 e. The summed E-state index contributed by atoms with van der Waals surface area (Å²) in [6.07, 6.45) is 4.31. The molecule has 1 aromatic rings. The van der Waals surface area contributed by atoms with E-state index in [0.717, 1.165) is 25.7 Å². The number of rotatable bonds is 6. The quantitative estimate of drug-likeness (QED) is 0.848. The van der Waals surface area contributed by atoms with Crippen LogP contribution in [0.15, 0.2) is 12.1 Å². The Kier molecular flexibility index (Phi) is 5.71. The summed E-state index contributed by atoms with van der Waals surface area (Å²) in [6.45, 7) is 1.79. The van der Waals surface area contributed by atoms with Gasteiger partial charge in [-0.1, -0.05) is 18.9 Å². The van der Waals surface area contributed by atoms with Gasteiger partial charge in [-0.2, -0.15) is 4.39 Å². The highest BCUT2D eigenvalue weighted by Gasteiger charge is 2.21. The molecule has 122 valence electrons. The molecular weight excluding hydrogens is 290 g/mol. The molecular formula is C16H22F2N2O2. The number of nitrogens with one attached hydrogen (secondary N) is 2. The van der Waals surface area contributed by atoms with Gasteiger partial charge in [-0.05, 0) is 25.8 Å². The number of methoxy groups -OCH3 is 1. The van der Waals surface area contributed by atoms with Gasteiger partial charge in [0.25, 0.3) is 0 Å². The van der Waals surface area contributed by atoms with Crippen LogP contribution in [0.25, 0.3) is 0 Å². The standard InChI is InChI=1S/C16H22F2N2O2/c1-10(16(21)20-12-5-3-4-6-12)19-9-11-7-8-13(22-2)15(18)14(11)17/h7-8,10,12,19H,3-6,9H2,1-2H3,(H,20,21)/t10-/m1/s1. The minimum Gasteiger partial charge on any atom is -0.494 e. The maximum atomic E-state index is 13.8. The van der Waals surface area contributed by atoms with Crippen LogP contribution in [-0.4, -0.2) is 25.1 Å². The van der Waals surface area contributed by atoms with Crippen LogP contribution >= 0.6 is 0 Å². The van der Waals surface area contributed by atoms with Gasteiger partial charge < -0.3 is 15.4 Å². The Morgan fingerprint density at radius 2 is 2.00 bits per heavy atom. The van der Waals surface area contributed by atoms with E-state index in [1.165, 1.54) is 19.2 Å². The van der Waals surface area contributed by atoms with Crippen molar-refractivity contribution in [1.82, 2.24) is 10.6 Å². The number of hydrogen-bond acceptors (Lipinski definition) is 3. The summed E-state index contributed by atoms with van der Waals surface area (Å²) in [5.41, 5.74) is 0.166. The van der Waals surface area contributed by atoms with Crippen molar-refractivity contribution in [2.45, 2.75) is 51.2 Å². The van der Waals surface area contributed by atoms with E-state index >= 15 is 0 Å². The zero-order valence-electron chi connectivity index (χ0n) is 12.9. The number of hydrogen-bond donors (Lipinski definition) is 2. The Hall–Kier alpha value is -1.69. The molecule has 22 heavy (non-hydrogen) atoms. The van der Waals surface area contributed by atoms with E-state index in [4.69, 9.17) is 4.74 Å². The molecule has 1 saturated carbocycles. The number of ether oxygens (including phenoxy) is 1. The normalized spacial score (nSPS) is 16.5. The molecule has 1 aliphatic carbocycles. The van der Waals surface area contributed by atoms with E-state index in [0.29, 0.717) is 0 Å². The molecule has 1 aromatic carbocycles. The van der Waals surface area contributed by atoms with E-state index in [-0.39, 0.29) is 29.8 Å². The van der Waals surface area contributed by atoms with Gasteiger partial charge >= 0.3 is 0 Å². The van der Waals surface area contributed by atoms with Crippen LogP contribution in [-0.2, 0) is 11.3 Å². The molecule has 1 atom stereocenters. The molecule has 0 radical (unpaired) electrons. The van der Waals surface area contributed by atoms with Crippen molar-refractivity contribution in [2.24, 2.45) is 0 Å². The summed E-state index contributed by atoms with van der Waals surface area (Å²) in [5.74, 6) is -2.20. The molecule has 0 heterocycles. The molecule has 0 aromatic heterocycles. The fourth-order valence-electron chi connectivity index (χ4n) is 2.62. The van der Waals surface area contributed by atoms with E-state index < -0.39 is 17.7 Å². The number of carbonyl (C=O) groups is 1. The lowest BCUT2D eigenvalue weighted by molar-refractivity contribution is -0.123. The lowest BCUT2D eigenvalue weighted by atomic mass is 10.1. The van der Waals surface area contributed by atoms with Crippen LogP contribution in [0.3, 0.4) is 0 Å². The van der Waals surface area contributed by atoms with Gasteiger partial charge in [-0.15, -0.1) is 0 Å². The summed E-state index contributed by atoms with van der Waals surface area (Å²) in [5, 5.41) is 5.89. The lowest BCUT2D eigenvalue weighted by Crippen LogP contribution is -2.45. The maximum absolute atomic E-state index is 13.8. The van der Waals surface area contributed by atoms with Gasteiger partial charge in [0, 0.05) is 18.2 Å². The zero-order valence-corrected chi connectivity index (χ0v) is 12.9. The number of carbonyl (C=O) groups excluding carboxylic acids is 1. The van der Waals surface area contributed by atoms with Crippen molar-refractivity contribution >= 4 is 5.91 Å². The highest BCUT2D eigenvalue weighted by Crippen LogP contribution is 2.22. The Morgan fingerprint density at radius 3 is 2.64 bits per heavy atom. The maximum Gasteiger partial charge on any atom is 0.237 e. The summed E-state index contributed by atoms with van der Waals surface area (Å²) in [6, 6.07) is 2.60. The second-order valence-corrected chi connectivity index (χ2v) is 5.65. The number of amides is 1.